The van der Waals surface area contributed by atoms with Crippen molar-refractivity contribution >= 4 is 17.3 Å². The molecule has 0 saturated heterocycles. The van der Waals surface area contributed by atoms with Crippen LogP contribution in [0.15, 0.2) is 42.6 Å². The minimum absolute atomic E-state index is 0.322. The Kier molecular flexibility index (Phi) is 3.27. The SMILES string of the molecule is Nc1cccc(Cl)c1COc1ccccn1. The highest BCUT2D eigenvalue weighted by atomic mass is 35.5. The molecule has 0 aliphatic heterocycles. The first-order valence-electron chi connectivity index (χ1n) is 4.84. The van der Waals surface area contributed by atoms with Crippen LogP contribution in [-0.4, -0.2) is 4.98 Å². The van der Waals surface area contributed by atoms with E-state index in [4.69, 9.17) is 22.1 Å². The van der Waals surface area contributed by atoms with Gasteiger partial charge in [0.2, 0.25) is 5.88 Å². The molecule has 2 aromatic rings. The van der Waals surface area contributed by atoms with Crippen LogP contribution in [0.5, 0.6) is 5.88 Å². The molecule has 0 bridgehead atoms. The first kappa shape index (κ1) is 10.8. The number of nitrogens with two attached hydrogens (primary N) is 1. The summed E-state index contributed by atoms with van der Waals surface area (Å²) in [5.41, 5.74) is 7.22. The molecule has 0 amide bonds. The van der Waals surface area contributed by atoms with Crippen LogP contribution < -0.4 is 10.5 Å². The molecule has 0 spiro atoms. The standard InChI is InChI=1S/C12H11ClN2O/c13-10-4-3-5-11(14)9(10)8-16-12-6-1-2-7-15-12/h1-7H,8,14H2. The molecular weight excluding hydrogens is 224 g/mol. The van der Waals surface area contributed by atoms with Gasteiger partial charge in [-0.25, -0.2) is 4.98 Å². The number of hydrogen-bond donors (Lipinski definition) is 1. The van der Waals surface area contributed by atoms with Crippen LogP contribution in [0.1, 0.15) is 5.56 Å². The Labute approximate surface area is 98.8 Å². The third kappa shape index (κ3) is 2.44. The molecule has 1 aromatic heterocycles. The Balaban J connectivity index is 2.11. The van der Waals surface area contributed by atoms with E-state index >= 15 is 0 Å². The van der Waals surface area contributed by atoms with Crippen molar-refractivity contribution in [3.8, 4) is 5.88 Å². The molecule has 16 heavy (non-hydrogen) atoms. The van der Waals surface area contributed by atoms with Crippen LogP contribution in [0.2, 0.25) is 5.02 Å². The minimum atomic E-state index is 0.322. The monoisotopic (exact) mass is 234 g/mol. The van der Waals surface area contributed by atoms with E-state index < -0.39 is 0 Å². The Morgan fingerprint density at radius 1 is 1.19 bits per heavy atom. The molecular formula is C12H11ClN2O. The van der Waals surface area contributed by atoms with E-state index in [2.05, 4.69) is 4.98 Å². The van der Waals surface area contributed by atoms with Gasteiger partial charge in [-0.05, 0) is 18.2 Å². The van der Waals surface area contributed by atoms with E-state index in [-0.39, 0.29) is 0 Å². The summed E-state index contributed by atoms with van der Waals surface area (Å²) in [4.78, 5) is 4.05. The number of aromatic nitrogens is 1. The van der Waals surface area contributed by atoms with Gasteiger partial charge in [0.1, 0.15) is 6.61 Å². The van der Waals surface area contributed by atoms with E-state index in [1.165, 1.54) is 0 Å². The molecule has 0 atom stereocenters. The van der Waals surface area contributed by atoms with Gasteiger partial charge in [0.25, 0.3) is 0 Å². The van der Waals surface area contributed by atoms with E-state index in [0.717, 1.165) is 5.56 Å². The lowest BCUT2D eigenvalue weighted by atomic mass is 10.2. The smallest absolute Gasteiger partial charge is 0.213 e. The second kappa shape index (κ2) is 4.86. The number of ether oxygens (including phenoxy) is 1. The Hall–Kier alpha value is -1.74. The van der Waals surface area contributed by atoms with Gasteiger partial charge in [0.15, 0.2) is 0 Å². The molecule has 4 heteroatoms. The van der Waals surface area contributed by atoms with Crippen molar-refractivity contribution in [2.75, 3.05) is 5.73 Å². The topological polar surface area (TPSA) is 48.1 Å². The van der Waals surface area contributed by atoms with Gasteiger partial charge in [-0.3, -0.25) is 0 Å². The van der Waals surface area contributed by atoms with Crippen LogP contribution in [0.4, 0.5) is 5.69 Å². The van der Waals surface area contributed by atoms with Crippen molar-refractivity contribution in [2.45, 2.75) is 6.61 Å². The lowest BCUT2D eigenvalue weighted by molar-refractivity contribution is 0.294. The number of halogens is 1. The van der Waals surface area contributed by atoms with Crippen molar-refractivity contribution < 1.29 is 4.74 Å². The maximum Gasteiger partial charge on any atom is 0.213 e. The number of nitrogen functional groups attached to an aromatic ring is 1. The quantitative estimate of drug-likeness (QED) is 0.831. The molecule has 0 radical (unpaired) electrons. The lowest BCUT2D eigenvalue weighted by Gasteiger charge is -2.09. The molecule has 1 aromatic carbocycles. The van der Waals surface area contributed by atoms with E-state index in [1.807, 2.05) is 18.2 Å². The van der Waals surface area contributed by atoms with Gasteiger partial charge in [-0.2, -0.15) is 0 Å². The molecule has 0 unspecified atom stereocenters. The predicted molar refractivity (Wildman–Crippen MR) is 64.4 cm³/mol. The number of benzene rings is 1. The molecule has 0 saturated carbocycles. The zero-order chi connectivity index (χ0) is 11.4. The molecule has 0 aliphatic rings. The first-order chi connectivity index (χ1) is 7.77. The Morgan fingerprint density at radius 3 is 2.75 bits per heavy atom. The van der Waals surface area contributed by atoms with E-state index in [0.29, 0.717) is 23.2 Å². The Morgan fingerprint density at radius 2 is 2.06 bits per heavy atom. The second-order valence-corrected chi connectivity index (χ2v) is 3.67. The summed E-state index contributed by atoms with van der Waals surface area (Å²) in [6.07, 6.45) is 1.67. The zero-order valence-corrected chi connectivity index (χ0v) is 9.32. The maximum atomic E-state index is 6.02. The summed E-state index contributed by atoms with van der Waals surface area (Å²) >= 11 is 6.02. The largest absolute Gasteiger partial charge is 0.473 e. The van der Waals surface area contributed by atoms with Crippen LogP contribution >= 0.6 is 11.6 Å². The van der Waals surface area contributed by atoms with Crippen molar-refractivity contribution in [3.05, 3.63) is 53.2 Å². The fraction of sp³-hybridized carbons (Fsp3) is 0.0833. The molecule has 1 heterocycles. The summed E-state index contributed by atoms with van der Waals surface area (Å²) < 4.78 is 5.48. The lowest BCUT2D eigenvalue weighted by Crippen LogP contribution is -2.01. The average molecular weight is 235 g/mol. The summed E-state index contributed by atoms with van der Waals surface area (Å²) in [5.74, 6) is 0.557. The number of pyridine rings is 1. The maximum absolute atomic E-state index is 6.02. The molecule has 3 nitrogen and oxygen atoms in total. The third-order valence-corrected chi connectivity index (χ3v) is 2.51. The fourth-order valence-electron chi connectivity index (χ4n) is 1.31. The highest BCUT2D eigenvalue weighted by Crippen LogP contribution is 2.23. The first-order valence-corrected chi connectivity index (χ1v) is 5.22. The summed E-state index contributed by atoms with van der Waals surface area (Å²) in [5, 5.41) is 0.607. The van der Waals surface area contributed by atoms with Crippen molar-refractivity contribution in [1.29, 1.82) is 0 Å². The second-order valence-electron chi connectivity index (χ2n) is 3.26. The Bertz CT molecular complexity index is 453. The van der Waals surface area contributed by atoms with Gasteiger partial charge < -0.3 is 10.5 Å². The third-order valence-electron chi connectivity index (χ3n) is 2.16. The van der Waals surface area contributed by atoms with Gasteiger partial charge in [0, 0.05) is 28.5 Å². The fourth-order valence-corrected chi connectivity index (χ4v) is 1.54. The number of nitrogens with zero attached hydrogens (tertiary/aromatic N) is 1. The minimum Gasteiger partial charge on any atom is -0.473 e. The molecule has 0 aliphatic carbocycles. The highest BCUT2D eigenvalue weighted by Gasteiger charge is 2.05. The molecule has 0 fully saturated rings. The van der Waals surface area contributed by atoms with Crippen LogP contribution in [0.25, 0.3) is 0 Å². The van der Waals surface area contributed by atoms with Gasteiger partial charge in [-0.15, -0.1) is 0 Å². The van der Waals surface area contributed by atoms with E-state index in [1.54, 1.807) is 24.4 Å². The summed E-state index contributed by atoms with van der Waals surface area (Å²) in [6.45, 7) is 0.322. The predicted octanol–water partition coefficient (Wildman–Crippen LogP) is 2.90. The normalized spacial score (nSPS) is 10.1. The van der Waals surface area contributed by atoms with Crippen LogP contribution in [-0.2, 0) is 6.61 Å². The number of anilines is 1. The van der Waals surface area contributed by atoms with E-state index in [9.17, 15) is 0 Å². The van der Waals surface area contributed by atoms with Gasteiger partial charge in [-0.1, -0.05) is 23.7 Å². The van der Waals surface area contributed by atoms with Crippen LogP contribution in [0, 0.1) is 0 Å². The highest BCUT2D eigenvalue weighted by molar-refractivity contribution is 6.31. The number of hydrogen-bond acceptors (Lipinski definition) is 3. The van der Waals surface area contributed by atoms with Crippen molar-refractivity contribution in [3.63, 3.8) is 0 Å². The molecule has 2 N–H and O–H groups in total. The number of rotatable bonds is 3. The van der Waals surface area contributed by atoms with Gasteiger partial charge >= 0.3 is 0 Å². The van der Waals surface area contributed by atoms with Crippen molar-refractivity contribution in [1.82, 2.24) is 4.98 Å². The average Bonchev–Trinajstić information content (AvgIpc) is 2.30. The van der Waals surface area contributed by atoms with Crippen LogP contribution in [0.3, 0.4) is 0 Å². The zero-order valence-electron chi connectivity index (χ0n) is 8.56. The summed E-state index contributed by atoms with van der Waals surface area (Å²) in [7, 11) is 0. The van der Waals surface area contributed by atoms with Gasteiger partial charge in [0.05, 0.1) is 0 Å². The van der Waals surface area contributed by atoms with Crippen molar-refractivity contribution in [2.24, 2.45) is 0 Å². The summed E-state index contributed by atoms with van der Waals surface area (Å²) in [6, 6.07) is 10.9. The molecule has 82 valence electrons. The molecule has 2 rings (SSSR count).